The minimum atomic E-state index is -4.94. The molecule has 18 heavy (non-hydrogen) atoms. The van der Waals surface area contributed by atoms with Crippen LogP contribution in [-0.4, -0.2) is 51.0 Å². The van der Waals surface area contributed by atoms with Gasteiger partial charge in [0.2, 0.25) is 6.21 Å². The van der Waals surface area contributed by atoms with Gasteiger partial charge in [0.1, 0.15) is 14.1 Å². The third-order valence-corrected chi connectivity index (χ3v) is 1.27. The van der Waals surface area contributed by atoms with E-state index in [2.05, 4.69) is 0 Å². The van der Waals surface area contributed by atoms with Crippen molar-refractivity contribution < 1.29 is 38.2 Å². The van der Waals surface area contributed by atoms with Crippen LogP contribution in [0, 0.1) is 10.2 Å². The number of allylic oxidation sites excluding steroid dienone is 3. The molecule has 0 atom stereocenters. The highest BCUT2D eigenvalue weighted by molar-refractivity contribution is 5.71. The molecular formula is C10H19ClN2O5. The second-order valence-electron chi connectivity index (χ2n) is 3.55. The standard InChI is InChI=1S/C10H19N2O.ClHO4/c1-11(2)8-6-7-10(13-5)9-12(3)4;2-1(3,4)5/h6-9H,1-5H3;(H,2,3,4,5)/q+1;/p-1. The van der Waals surface area contributed by atoms with Crippen molar-refractivity contribution >= 4 is 6.21 Å². The topological polar surface area (TPSA) is 108 Å². The zero-order chi connectivity index (χ0) is 14.8. The van der Waals surface area contributed by atoms with E-state index in [1.54, 1.807) is 7.11 Å². The highest BCUT2D eigenvalue weighted by Crippen LogP contribution is 1.91. The lowest BCUT2D eigenvalue weighted by molar-refractivity contribution is -2.00. The van der Waals surface area contributed by atoms with Crippen molar-refractivity contribution in [3.05, 3.63) is 24.1 Å². The van der Waals surface area contributed by atoms with Crippen LogP contribution >= 0.6 is 0 Å². The van der Waals surface area contributed by atoms with E-state index < -0.39 is 10.2 Å². The summed E-state index contributed by atoms with van der Waals surface area (Å²) in [7, 11) is 4.60. The van der Waals surface area contributed by atoms with Gasteiger partial charge in [0.25, 0.3) is 0 Å². The van der Waals surface area contributed by atoms with Gasteiger partial charge >= 0.3 is 0 Å². The first-order chi connectivity index (χ1) is 8.06. The van der Waals surface area contributed by atoms with Gasteiger partial charge in [-0.3, -0.25) is 0 Å². The summed E-state index contributed by atoms with van der Waals surface area (Å²) in [6.45, 7) is 0. The molecule has 0 aliphatic carbocycles. The number of hydrogen-bond acceptors (Lipinski definition) is 6. The lowest BCUT2D eigenvalue weighted by atomic mass is 10.4. The van der Waals surface area contributed by atoms with Crippen molar-refractivity contribution in [1.82, 2.24) is 4.90 Å². The molecule has 0 heterocycles. The summed E-state index contributed by atoms with van der Waals surface area (Å²) >= 11 is 0. The first kappa shape index (κ1) is 19.2. The molecule has 0 aromatic carbocycles. The van der Waals surface area contributed by atoms with Crippen molar-refractivity contribution in [2.75, 3.05) is 35.3 Å². The Bertz CT molecular complexity index is 298. The second-order valence-corrected chi connectivity index (χ2v) is 4.30. The average molecular weight is 283 g/mol. The van der Waals surface area contributed by atoms with Gasteiger partial charge in [-0.2, -0.15) is 0 Å². The molecule has 0 radical (unpaired) electrons. The summed E-state index contributed by atoms with van der Waals surface area (Å²) in [5.74, 6) is 0.836. The van der Waals surface area contributed by atoms with E-state index in [1.807, 2.05) is 62.2 Å². The normalized spacial score (nSPS) is 11.7. The summed E-state index contributed by atoms with van der Waals surface area (Å²) in [6, 6.07) is 0. The summed E-state index contributed by atoms with van der Waals surface area (Å²) in [4.78, 5) is 1.97. The first-order valence-electron chi connectivity index (χ1n) is 4.78. The molecule has 0 aromatic heterocycles. The van der Waals surface area contributed by atoms with E-state index in [0.717, 1.165) is 5.76 Å². The van der Waals surface area contributed by atoms with Crippen molar-refractivity contribution in [2.24, 2.45) is 0 Å². The largest absolute Gasteiger partial charge is 0.491 e. The van der Waals surface area contributed by atoms with Gasteiger partial charge < -0.3 is 9.64 Å². The van der Waals surface area contributed by atoms with E-state index in [-0.39, 0.29) is 0 Å². The molecule has 106 valence electrons. The Morgan fingerprint density at radius 2 is 1.61 bits per heavy atom. The van der Waals surface area contributed by atoms with E-state index >= 15 is 0 Å². The van der Waals surface area contributed by atoms with Crippen LogP contribution in [0.1, 0.15) is 0 Å². The molecule has 0 rings (SSSR count). The Hall–Kier alpha value is -1.12. The van der Waals surface area contributed by atoms with Crippen LogP contribution in [0.5, 0.6) is 0 Å². The van der Waals surface area contributed by atoms with Crippen molar-refractivity contribution in [3.8, 4) is 0 Å². The molecule has 7 nitrogen and oxygen atoms in total. The van der Waals surface area contributed by atoms with Gasteiger partial charge in [0.15, 0.2) is 5.76 Å². The number of nitrogens with zero attached hydrogens (tertiary/aromatic N) is 2. The zero-order valence-electron chi connectivity index (χ0n) is 11.1. The zero-order valence-corrected chi connectivity index (χ0v) is 11.9. The van der Waals surface area contributed by atoms with Crippen molar-refractivity contribution in [1.29, 1.82) is 0 Å². The Kier molecular flexibility index (Phi) is 10.5. The molecule has 0 bridgehead atoms. The number of ether oxygens (including phenoxy) is 1. The molecule has 0 aliphatic rings. The maximum Gasteiger partial charge on any atom is 0.205 e. The van der Waals surface area contributed by atoms with Gasteiger partial charge in [0.05, 0.1) is 7.11 Å². The number of rotatable bonds is 4. The summed E-state index contributed by atoms with van der Waals surface area (Å²) in [6.07, 6.45) is 7.74. The monoisotopic (exact) mass is 282 g/mol. The third-order valence-electron chi connectivity index (χ3n) is 1.27. The summed E-state index contributed by atoms with van der Waals surface area (Å²) < 4.78 is 41.1. The quantitative estimate of drug-likeness (QED) is 0.226. The number of hydrogen-bond donors (Lipinski definition) is 0. The van der Waals surface area contributed by atoms with Crippen LogP contribution < -0.4 is 18.6 Å². The molecular weight excluding hydrogens is 264 g/mol. The highest BCUT2D eigenvalue weighted by Gasteiger charge is 1.93. The number of halogens is 1. The van der Waals surface area contributed by atoms with Crippen LogP contribution in [-0.2, 0) is 4.74 Å². The molecule has 0 amide bonds. The van der Waals surface area contributed by atoms with Gasteiger partial charge in [-0.05, 0) is 18.4 Å². The van der Waals surface area contributed by atoms with E-state index in [9.17, 15) is 0 Å². The van der Waals surface area contributed by atoms with Crippen LogP contribution in [0.15, 0.2) is 24.1 Å². The molecule has 8 heteroatoms. The lowest BCUT2D eigenvalue weighted by Crippen LogP contribution is -2.68. The van der Waals surface area contributed by atoms with Crippen LogP contribution in [0.3, 0.4) is 0 Å². The fraction of sp³-hybridized carbons (Fsp3) is 0.500. The molecule has 0 spiro atoms. The average Bonchev–Trinajstić information content (AvgIpc) is 2.12. The Morgan fingerprint density at radius 3 is 1.89 bits per heavy atom. The van der Waals surface area contributed by atoms with Gasteiger partial charge in [-0.25, -0.2) is 23.2 Å². The van der Waals surface area contributed by atoms with E-state index in [0.29, 0.717) is 0 Å². The highest BCUT2D eigenvalue weighted by atomic mass is 35.7. The third kappa shape index (κ3) is 24.2. The minimum Gasteiger partial charge on any atom is -0.491 e. The van der Waals surface area contributed by atoms with Gasteiger partial charge in [-0.15, -0.1) is 10.2 Å². The fourth-order valence-corrected chi connectivity index (χ4v) is 0.728. The predicted octanol–water partition coefficient (Wildman–Crippen LogP) is -3.82. The fourth-order valence-electron chi connectivity index (χ4n) is 0.728. The molecule has 0 saturated carbocycles. The minimum absolute atomic E-state index is 0.836. The van der Waals surface area contributed by atoms with Crippen molar-refractivity contribution in [3.63, 3.8) is 0 Å². The van der Waals surface area contributed by atoms with Crippen LogP contribution in [0.4, 0.5) is 0 Å². The Morgan fingerprint density at radius 1 is 1.17 bits per heavy atom. The lowest BCUT2D eigenvalue weighted by Gasteiger charge is -2.17. The van der Waals surface area contributed by atoms with E-state index in [1.165, 1.54) is 0 Å². The molecule has 0 aliphatic heterocycles. The maximum atomic E-state index is 8.49. The molecule has 0 unspecified atom stereocenters. The van der Waals surface area contributed by atoms with Gasteiger partial charge in [-0.1, -0.05) is 0 Å². The van der Waals surface area contributed by atoms with E-state index in [4.69, 9.17) is 23.4 Å². The van der Waals surface area contributed by atoms with Crippen LogP contribution in [0.2, 0.25) is 0 Å². The molecule has 0 aromatic rings. The Labute approximate surface area is 109 Å². The predicted molar refractivity (Wildman–Crippen MR) is 56.1 cm³/mol. The molecule has 0 saturated heterocycles. The van der Waals surface area contributed by atoms with Gasteiger partial charge in [0, 0.05) is 14.1 Å². The molecule has 0 fully saturated rings. The summed E-state index contributed by atoms with van der Waals surface area (Å²) in [5.41, 5.74) is 0. The Balaban J connectivity index is 0. The SMILES string of the molecule is CO/C(C=[N+](C)C)=C\C=C\N(C)C.[O-][Cl+3]([O-])([O-])[O-]. The smallest absolute Gasteiger partial charge is 0.205 e. The van der Waals surface area contributed by atoms with Crippen molar-refractivity contribution in [2.45, 2.75) is 0 Å². The summed E-state index contributed by atoms with van der Waals surface area (Å²) in [5, 5.41) is 0. The number of methoxy groups -OCH3 is 1. The molecule has 0 N–H and O–H groups in total. The second kappa shape index (κ2) is 9.86. The first-order valence-corrected chi connectivity index (χ1v) is 6.01. The maximum absolute atomic E-state index is 8.49. The van der Waals surface area contributed by atoms with Crippen LogP contribution in [0.25, 0.3) is 0 Å².